The molecule has 1 aromatic heterocycles. The molecule has 3 nitrogen and oxygen atoms in total. The van der Waals surface area contributed by atoms with Crippen LogP contribution in [0.4, 0.5) is 0 Å². The van der Waals surface area contributed by atoms with Crippen molar-refractivity contribution in [1.29, 1.82) is 0 Å². The summed E-state index contributed by atoms with van der Waals surface area (Å²) >= 11 is 1.79. The van der Waals surface area contributed by atoms with Crippen LogP contribution in [0.5, 0.6) is 0 Å². The van der Waals surface area contributed by atoms with Gasteiger partial charge in [0.05, 0.1) is 12.3 Å². The third-order valence-electron chi connectivity index (χ3n) is 3.04. The first-order valence-corrected chi connectivity index (χ1v) is 6.55. The second-order valence-corrected chi connectivity index (χ2v) is 5.32. The van der Waals surface area contributed by atoms with E-state index < -0.39 is 0 Å². The van der Waals surface area contributed by atoms with E-state index in [1.165, 1.54) is 23.5 Å². The van der Waals surface area contributed by atoms with Gasteiger partial charge >= 0.3 is 0 Å². The standard InChI is InChI=1S/C11H16N2OS/c1-2-8(1)10-7-15-11(13-10)5-12-9-3-4-14-6-9/h7-9,12H,1-6H2. The van der Waals surface area contributed by atoms with Crippen molar-refractivity contribution in [1.82, 2.24) is 10.3 Å². The normalized spacial score (nSPS) is 26.0. The summed E-state index contributed by atoms with van der Waals surface area (Å²) in [6, 6.07) is 0.540. The Morgan fingerprint density at radius 3 is 3.13 bits per heavy atom. The van der Waals surface area contributed by atoms with E-state index >= 15 is 0 Å². The number of aromatic nitrogens is 1. The van der Waals surface area contributed by atoms with Crippen LogP contribution in [-0.4, -0.2) is 24.2 Å². The van der Waals surface area contributed by atoms with Gasteiger partial charge < -0.3 is 10.1 Å². The zero-order chi connectivity index (χ0) is 10.1. The summed E-state index contributed by atoms with van der Waals surface area (Å²) in [5, 5.41) is 6.94. The first-order valence-electron chi connectivity index (χ1n) is 5.67. The van der Waals surface area contributed by atoms with Crippen molar-refractivity contribution >= 4 is 11.3 Å². The predicted molar refractivity (Wildman–Crippen MR) is 60.2 cm³/mol. The fourth-order valence-electron chi connectivity index (χ4n) is 1.90. The summed E-state index contributed by atoms with van der Waals surface area (Å²) in [5.74, 6) is 0.782. The maximum atomic E-state index is 5.32. The van der Waals surface area contributed by atoms with Gasteiger partial charge in [0.15, 0.2) is 0 Å². The van der Waals surface area contributed by atoms with Gasteiger partial charge in [-0.2, -0.15) is 0 Å². The third kappa shape index (κ3) is 2.38. The van der Waals surface area contributed by atoms with Gasteiger partial charge in [0.1, 0.15) is 5.01 Å². The van der Waals surface area contributed by atoms with Crippen molar-refractivity contribution < 1.29 is 4.74 Å². The lowest BCUT2D eigenvalue weighted by Gasteiger charge is -2.07. The number of hydrogen-bond donors (Lipinski definition) is 1. The van der Waals surface area contributed by atoms with Gasteiger partial charge in [0.25, 0.3) is 0 Å². The van der Waals surface area contributed by atoms with E-state index in [4.69, 9.17) is 4.74 Å². The van der Waals surface area contributed by atoms with Gasteiger partial charge in [-0.25, -0.2) is 4.98 Å². The molecule has 1 aromatic rings. The molecule has 0 radical (unpaired) electrons. The highest BCUT2D eigenvalue weighted by molar-refractivity contribution is 7.09. The highest BCUT2D eigenvalue weighted by Crippen LogP contribution is 2.40. The molecule has 1 atom stereocenters. The molecule has 15 heavy (non-hydrogen) atoms. The Morgan fingerprint density at radius 2 is 2.40 bits per heavy atom. The van der Waals surface area contributed by atoms with Gasteiger partial charge in [0, 0.05) is 30.5 Å². The molecule has 2 fully saturated rings. The van der Waals surface area contributed by atoms with Crippen LogP contribution in [0.25, 0.3) is 0 Å². The third-order valence-corrected chi connectivity index (χ3v) is 3.90. The van der Waals surface area contributed by atoms with Crippen molar-refractivity contribution in [2.45, 2.75) is 37.8 Å². The SMILES string of the molecule is c1sc(CNC2CCOC2)nc1C1CC1. The van der Waals surface area contributed by atoms with Crippen molar-refractivity contribution in [2.75, 3.05) is 13.2 Å². The molecule has 0 aromatic carbocycles. The molecule has 2 aliphatic rings. The largest absolute Gasteiger partial charge is 0.380 e. The molecular weight excluding hydrogens is 208 g/mol. The molecule has 4 heteroatoms. The minimum Gasteiger partial charge on any atom is -0.380 e. The van der Waals surface area contributed by atoms with Crippen LogP contribution in [0.15, 0.2) is 5.38 Å². The maximum absolute atomic E-state index is 5.32. The molecule has 0 amide bonds. The van der Waals surface area contributed by atoms with E-state index in [2.05, 4.69) is 15.7 Å². The second-order valence-electron chi connectivity index (χ2n) is 4.38. The average molecular weight is 224 g/mol. The number of nitrogens with one attached hydrogen (secondary N) is 1. The van der Waals surface area contributed by atoms with Gasteiger partial charge in [-0.1, -0.05) is 0 Å². The molecular formula is C11H16N2OS. The maximum Gasteiger partial charge on any atom is 0.107 e. The number of nitrogens with zero attached hydrogens (tertiary/aromatic N) is 1. The molecule has 1 saturated heterocycles. The van der Waals surface area contributed by atoms with Crippen LogP contribution < -0.4 is 5.32 Å². The van der Waals surface area contributed by atoms with Crippen molar-refractivity contribution in [3.63, 3.8) is 0 Å². The van der Waals surface area contributed by atoms with Crippen molar-refractivity contribution in [3.8, 4) is 0 Å². The lowest BCUT2D eigenvalue weighted by molar-refractivity contribution is 0.190. The predicted octanol–water partition coefficient (Wildman–Crippen LogP) is 1.90. The number of hydrogen-bond acceptors (Lipinski definition) is 4. The van der Waals surface area contributed by atoms with Crippen molar-refractivity contribution in [3.05, 3.63) is 16.1 Å². The highest BCUT2D eigenvalue weighted by atomic mass is 32.1. The summed E-state index contributed by atoms with van der Waals surface area (Å²) in [5.41, 5.74) is 1.32. The Kier molecular flexibility index (Phi) is 2.73. The molecule has 0 bridgehead atoms. The number of ether oxygens (including phenoxy) is 1. The Balaban J connectivity index is 1.52. The van der Waals surface area contributed by atoms with Crippen LogP contribution in [0.1, 0.15) is 35.9 Å². The van der Waals surface area contributed by atoms with Gasteiger partial charge in [-0.05, 0) is 19.3 Å². The summed E-state index contributed by atoms with van der Waals surface area (Å²) in [4.78, 5) is 4.65. The zero-order valence-electron chi connectivity index (χ0n) is 8.74. The molecule has 1 aliphatic heterocycles. The lowest BCUT2D eigenvalue weighted by atomic mass is 10.3. The van der Waals surface area contributed by atoms with Gasteiger partial charge in [-0.15, -0.1) is 11.3 Å². The quantitative estimate of drug-likeness (QED) is 0.848. The first kappa shape index (κ1) is 9.75. The smallest absolute Gasteiger partial charge is 0.107 e. The van der Waals surface area contributed by atoms with Crippen LogP contribution in [0.2, 0.25) is 0 Å². The summed E-state index contributed by atoms with van der Waals surface area (Å²) in [7, 11) is 0. The summed E-state index contributed by atoms with van der Waals surface area (Å²) in [6.45, 7) is 2.68. The molecule has 1 saturated carbocycles. The lowest BCUT2D eigenvalue weighted by Crippen LogP contribution is -2.28. The van der Waals surface area contributed by atoms with E-state index in [9.17, 15) is 0 Å². The molecule has 3 rings (SSSR count). The molecule has 82 valence electrons. The molecule has 2 heterocycles. The Hall–Kier alpha value is -0.450. The van der Waals surface area contributed by atoms with E-state index in [0.29, 0.717) is 6.04 Å². The summed E-state index contributed by atoms with van der Waals surface area (Å²) in [6.07, 6.45) is 3.82. The van der Waals surface area contributed by atoms with E-state index in [1.54, 1.807) is 11.3 Å². The zero-order valence-corrected chi connectivity index (χ0v) is 9.55. The van der Waals surface area contributed by atoms with E-state index in [1.807, 2.05) is 0 Å². The fourth-order valence-corrected chi connectivity index (χ4v) is 2.73. The second kappa shape index (κ2) is 4.20. The van der Waals surface area contributed by atoms with Crippen molar-refractivity contribution in [2.24, 2.45) is 0 Å². The van der Waals surface area contributed by atoms with Gasteiger partial charge in [0.2, 0.25) is 0 Å². The van der Waals surface area contributed by atoms with Crippen LogP contribution >= 0.6 is 11.3 Å². The Bertz CT molecular complexity index is 329. The molecule has 1 N–H and O–H groups in total. The fraction of sp³-hybridized carbons (Fsp3) is 0.727. The van der Waals surface area contributed by atoms with E-state index in [0.717, 1.165) is 32.1 Å². The van der Waals surface area contributed by atoms with Crippen LogP contribution in [-0.2, 0) is 11.3 Å². The Labute approximate surface area is 93.9 Å². The Morgan fingerprint density at radius 1 is 1.47 bits per heavy atom. The first-order chi connectivity index (χ1) is 7.42. The minimum absolute atomic E-state index is 0.540. The monoisotopic (exact) mass is 224 g/mol. The molecule has 0 spiro atoms. The molecule has 1 unspecified atom stereocenters. The average Bonchev–Trinajstić information content (AvgIpc) is 2.82. The minimum atomic E-state index is 0.540. The van der Waals surface area contributed by atoms with Crippen LogP contribution in [0.3, 0.4) is 0 Å². The van der Waals surface area contributed by atoms with Gasteiger partial charge in [-0.3, -0.25) is 0 Å². The van der Waals surface area contributed by atoms with E-state index in [-0.39, 0.29) is 0 Å². The molecule has 1 aliphatic carbocycles. The number of thiazole rings is 1. The number of rotatable bonds is 4. The topological polar surface area (TPSA) is 34.1 Å². The summed E-state index contributed by atoms with van der Waals surface area (Å²) < 4.78 is 5.32. The highest BCUT2D eigenvalue weighted by Gasteiger charge is 2.26. The van der Waals surface area contributed by atoms with Crippen LogP contribution in [0, 0.1) is 0 Å².